The molecule has 0 spiro atoms. The summed E-state index contributed by atoms with van der Waals surface area (Å²) >= 11 is 0. The minimum atomic E-state index is -3.75. The molecule has 0 saturated carbocycles. The van der Waals surface area contributed by atoms with Crippen molar-refractivity contribution in [1.29, 1.82) is 0 Å². The van der Waals surface area contributed by atoms with E-state index in [1.807, 2.05) is 71.5 Å². The maximum Gasteiger partial charge on any atom is 0.285 e. The number of nitrogens with one attached hydrogen (secondary N) is 1. The van der Waals surface area contributed by atoms with E-state index in [1.54, 1.807) is 30.1 Å². The van der Waals surface area contributed by atoms with Crippen LogP contribution in [0.25, 0.3) is 11.3 Å². The Morgan fingerprint density at radius 2 is 1.61 bits per heavy atom. The molecule has 0 radical (unpaired) electrons. The molecule has 36 heavy (non-hydrogen) atoms. The summed E-state index contributed by atoms with van der Waals surface area (Å²) in [5.74, 6) is 0.0122. The highest BCUT2D eigenvalue weighted by atomic mass is 32.2. The number of amidine groups is 1. The highest BCUT2D eigenvalue weighted by Crippen LogP contribution is 2.27. The van der Waals surface area contributed by atoms with E-state index in [4.69, 9.17) is 5.10 Å². The predicted molar refractivity (Wildman–Crippen MR) is 138 cm³/mol. The summed E-state index contributed by atoms with van der Waals surface area (Å²) in [4.78, 5) is 14.5. The van der Waals surface area contributed by atoms with E-state index in [-0.39, 0.29) is 29.7 Å². The minimum absolute atomic E-state index is 0.0402. The van der Waals surface area contributed by atoms with Crippen molar-refractivity contribution >= 4 is 21.8 Å². The number of carbonyl (C=O) groups excluding carboxylic acids is 1. The molecule has 0 bridgehead atoms. The summed E-state index contributed by atoms with van der Waals surface area (Å²) in [6, 6.07) is 26.5. The molecule has 8 nitrogen and oxygen atoms in total. The normalized spacial score (nSPS) is 13.6. The van der Waals surface area contributed by atoms with Crippen LogP contribution in [0.2, 0.25) is 0 Å². The van der Waals surface area contributed by atoms with Crippen molar-refractivity contribution in [2.45, 2.75) is 18.0 Å². The summed E-state index contributed by atoms with van der Waals surface area (Å²) in [5.41, 5.74) is 4.29. The standard InChI is InChI=1S/C27H25N5O3S/c1-31(27-23-14-8-9-15-24(23)36(34,35)30-27)19-25(33)28-16-22-18-32(17-20-10-4-2-5-11-20)29-26(22)21-12-6-3-7-13-21/h2-15,18H,16-17,19H2,1H3,(H,28,33). The van der Waals surface area contributed by atoms with Crippen molar-refractivity contribution in [3.8, 4) is 11.3 Å². The first-order chi connectivity index (χ1) is 17.4. The Morgan fingerprint density at radius 3 is 2.36 bits per heavy atom. The number of carbonyl (C=O) groups is 1. The van der Waals surface area contributed by atoms with Crippen LogP contribution in [-0.4, -0.2) is 48.4 Å². The van der Waals surface area contributed by atoms with E-state index in [0.717, 1.165) is 22.4 Å². The highest BCUT2D eigenvalue weighted by Gasteiger charge is 2.30. The molecule has 1 N–H and O–H groups in total. The fourth-order valence-electron chi connectivity index (χ4n) is 4.19. The first-order valence-corrected chi connectivity index (χ1v) is 12.9. The molecule has 1 aliphatic heterocycles. The van der Waals surface area contributed by atoms with Crippen LogP contribution in [0, 0.1) is 0 Å². The van der Waals surface area contributed by atoms with Crippen LogP contribution in [0.5, 0.6) is 0 Å². The molecule has 4 aromatic rings. The van der Waals surface area contributed by atoms with Gasteiger partial charge in [0, 0.05) is 36.5 Å². The Kier molecular flexibility index (Phi) is 6.39. The summed E-state index contributed by atoms with van der Waals surface area (Å²) in [6.07, 6.45) is 1.95. The second kappa shape index (κ2) is 9.79. The monoisotopic (exact) mass is 499 g/mol. The second-order valence-electron chi connectivity index (χ2n) is 8.57. The quantitative estimate of drug-likeness (QED) is 0.421. The number of fused-ring (bicyclic) bond motifs is 1. The Morgan fingerprint density at radius 1 is 0.944 bits per heavy atom. The van der Waals surface area contributed by atoms with Crippen molar-refractivity contribution in [3.63, 3.8) is 0 Å². The van der Waals surface area contributed by atoms with Crippen LogP contribution in [0.15, 0.2) is 100 Å². The number of benzene rings is 3. The summed E-state index contributed by atoms with van der Waals surface area (Å²) < 4.78 is 30.4. The molecule has 2 heterocycles. The van der Waals surface area contributed by atoms with Gasteiger partial charge in [-0.05, 0) is 17.7 Å². The van der Waals surface area contributed by atoms with Crippen LogP contribution >= 0.6 is 0 Å². The molecule has 0 atom stereocenters. The molecular weight excluding hydrogens is 474 g/mol. The molecule has 1 aliphatic rings. The third-order valence-corrected chi connectivity index (χ3v) is 7.23. The molecule has 0 unspecified atom stereocenters. The number of aromatic nitrogens is 2. The molecule has 0 saturated heterocycles. The van der Waals surface area contributed by atoms with Gasteiger partial charge >= 0.3 is 0 Å². The van der Waals surface area contributed by atoms with Crippen LogP contribution in [0.1, 0.15) is 16.7 Å². The first-order valence-electron chi connectivity index (χ1n) is 11.5. The van der Waals surface area contributed by atoms with Gasteiger partial charge in [0.1, 0.15) is 4.90 Å². The zero-order valence-electron chi connectivity index (χ0n) is 19.7. The van der Waals surface area contributed by atoms with E-state index < -0.39 is 10.0 Å². The molecule has 182 valence electrons. The lowest BCUT2D eigenvalue weighted by molar-refractivity contribution is -0.121. The number of likely N-dealkylation sites (N-methyl/N-ethyl adjacent to an activating group) is 1. The van der Waals surface area contributed by atoms with Gasteiger partial charge in [0.15, 0.2) is 5.84 Å². The predicted octanol–water partition coefficient (Wildman–Crippen LogP) is 3.30. The van der Waals surface area contributed by atoms with Gasteiger partial charge in [-0.25, -0.2) is 0 Å². The summed E-state index contributed by atoms with van der Waals surface area (Å²) in [7, 11) is -2.09. The summed E-state index contributed by atoms with van der Waals surface area (Å²) in [6.45, 7) is 0.861. The largest absolute Gasteiger partial charge is 0.350 e. The van der Waals surface area contributed by atoms with Crippen molar-refractivity contribution in [2.75, 3.05) is 13.6 Å². The topological polar surface area (TPSA) is 96.7 Å². The van der Waals surface area contributed by atoms with Gasteiger partial charge in [-0.15, -0.1) is 4.40 Å². The number of nitrogens with zero attached hydrogens (tertiary/aromatic N) is 4. The van der Waals surface area contributed by atoms with Gasteiger partial charge in [0.25, 0.3) is 10.0 Å². The van der Waals surface area contributed by atoms with Gasteiger partial charge in [-0.1, -0.05) is 72.8 Å². The number of hydrogen-bond donors (Lipinski definition) is 1. The Hall–Kier alpha value is -4.24. The fourth-order valence-corrected chi connectivity index (χ4v) is 5.44. The maximum atomic E-state index is 12.8. The average molecular weight is 500 g/mol. The van der Waals surface area contributed by atoms with Crippen molar-refractivity contribution in [1.82, 2.24) is 20.0 Å². The molecule has 9 heteroatoms. The molecule has 0 fully saturated rings. The van der Waals surface area contributed by atoms with E-state index in [0.29, 0.717) is 12.1 Å². The number of hydrogen-bond acceptors (Lipinski definition) is 5. The zero-order chi connectivity index (χ0) is 25.1. The van der Waals surface area contributed by atoms with E-state index in [9.17, 15) is 13.2 Å². The van der Waals surface area contributed by atoms with Crippen molar-refractivity contribution in [3.05, 3.63) is 108 Å². The van der Waals surface area contributed by atoms with Gasteiger partial charge in [0.2, 0.25) is 5.91 Å². The van der Waals surface area contributed by atoms with Crippen LogP contribution < -0.4 is 5.32 Å². The zero-order valence-corrected chi connectivity index (χ0v) is 20.5. The molecule has 1 aromatic heterocycles. The van der Waals surface area contributed by atoms with E-state index >= 15 is 0 Å². The van der Waals surface area contributed by atoms with E-state index in [1.165, 1.54) is 6.07 Å². The number of rotatable bonds is 7. The summed E-state index contributed by atoms with van der Waals surface area (Å²) in [5, 5.41) is 7.73. The number of sulfonamides is 1. The third kappa shape index (κ3) is 4.92. The third-order valence-electron chi connectivity index (χ3n) is 5.90. The molecule has 1 amide bonds. The Balaban J connectivity index is 1.31. The van der Waals surface area contributed by atoms with E-state index in [2.05, 4.69) is 9.71 Å². The molecular formula is C27H25N5O3S. The Labute approximate surface area is 210 Å². The molecule has 3 aromatic carbocycles. The Bertz CT molecular complexity index is 1530. The first kappa shape index (κ1) is 23.5. The van der Waals surface area contributed by atoms with Gasteiger partial charge in [0.05, 0.1) is 18.8 Å². The van der Waals surface area contributed by atoms with Gasteiger partial charge in [-0.2, -0.15) is 13.5 Å². The van der Waals surface area contributed by atoms with Crippen molar-refractivity contribution < 1.29 is 13.2 Å². The van der Waals surface area contributed by atoms with Crippen LogP contribution in [0.3, 0.4) is 0 Å². The SMILES string of the molecule is CN(CC(=O)NCc1cn(Cc2ccccc2)nc1-c1ccccc1)C1=NS(=O)(=O)c2ccccc21. The highest BCUT2D eigenvalue weighted by molar-refractivity contribution is 7.90. The second-order valence-corrected chi connectivity index (χ2v) is 10.1. The smallest absolute Gasteiger partial charge is 0.285 e. The maximum absolute atomic E-state index is 12.8. The lowest BCUT2D eigenvalue weighted by Crippen LogP contribution is -2.38. The van der Waals surface area contributed by atoms with Crippen LogP contribution in [0.4, 0.5) is 0 Å². The molecule has 0 aliphatic carbocycles. The van der Waals surface area contributed by atoms with Crippen LogP contribution in [-0.2, 0) is 27.9 Å². The van der Waals surface area contributed by atoms with Gasteiger partial charge in [-0.3, -0.25) is 9.48 Å². The van der Waals surface area contributed by atoms with Crippen molar-refractivity contribution in [2.24, 2.45) is 4.40 Å². The number of amides is 1. The lowest BCUT2D eigenvalue weighted by atomic mass is 10.1. The average Bonchev–Trinajstić information content (AvgIpc) is 3.42. The molecule has 5 rings (SSSR count). The minimum Gasteiger partial charge on any atom is -0.350 e. The fraction of sp³-hybridized carbons (Fsp3) is 0.148. The lowest BCUT2D eigenvalue weighted by Gasteiger charge is -2.18. The van der Waals surface area contributed by atoms with Gasteiger partial charge < -0.3 is 10.2 Å².